The molecule has 1 aromatic carbocycles. The van der Waals surface area contributed by atoms with Crippen molar-refractivity contribution in [2.24, 2.45) is 0 Å². The van der Waals surface area contributed by atoms with E-state index < -0.39 is 5.91 Å². The Morgan fingerprint density at radius 2 is 1.91 bits per heavy atom. The van der Waals surface area contributed by atoms with Crippen LogP contribution in [0.3, 0.4) is 0 Å². The van der Waals surface area contributed by atoms with Crippen molar-refractivity contribution in [3.8, 4) is 11.3 Å². The number of benzene rings is 1. The van der Waals surface area contributed by atoms with E-state index in [0.717, 1.165) is 29.8 Å². The average Bonchev–Trinajstić information content (AvgIpc) is 2.85. The van der Waals surface area contributed by atoms with Gasteiger partial charge in [-0.3, -0.25) is 19.9 Å². The summed E-state index contributed by atoms with van der Waals surface area (Å²) in [5.41, 5.74) is 4.57. The van der Waals surface area contributed by atoms with Crippen LogP contribution in [0.15, 0.2) is 48.4 Å². The largest absolute Gasteiger partial charge is 0.488 e. The maximum absolute atomic E-state index is 12.5. The molecule has 3 N–H and O–H groups in total. The smallest absolute Gasteiger partial charge is 0.321 e. The minimum atomic E-state index is -0.726. The standard InChI is InChI=1S/C25H34N4O4/c1-4-6-7-8-9-15-26-25(31)29(3)21-12-10-11-20(17-21)22-14-13-19(18-27-22)16-23(33-5-2)24(30)28-32/h10-14,16-18,32H,4-9,15H2,1-3H3,(H,26,31)(H,28,30)/b23-16-. The molecule has 0 aliphatic heterocycles. The Morgan fingerprint density at radius 3 is 2.58 bits per heavy atom. The van der Waals surface area contributed by atoms with Crippen molar-refractivity contribution in [3.63, 3.8) is 0 Å². The second-order valence-electron chi connectivity index (χ2n) is 7.61. The monoisotopic (exact) mass is 454 g/mol. The van der Waals surface area contributed by atoms with Crippen LogP contribution in [0.4, 0.5) is 10.5 Å². The Morgan fingerprint density at radius 1 is 1.12 bits per heavy atom. The van der Waals surface area contributed by atoms with Crippen molar-refractivity contribution < 1.29 is 19.5 Å². The van der Waals surface area contributed by atoms with Gasteiger partial charge in [0.15, 0.2) is 5.76 Å². The Labute approximate surface area is 195 Å². The second kappa shape index (κ2) is 13.9. The van der Waals surface area contributed by atoms with E-state index >= 15 is 0 Å². The number of unbranched alkanes of at least 4 members (excludes halogenated alkanes) is 4. The van der Waals surface area contributed by atoms with Gasteiger partial charge in [-0.2, -0.15) is 0 Å². The van der Waals surface area contributed by atoms with E-state index in [1.165, 1.54) is 25.3 Å². The molecule has 8 heteroatoms. The number of urea groups is 1. The lowest BCUT2D eigenvalue weighted by molar-refractivity contribution is -0.128. The molecule has 0 aliphatic carbocycles. The third-order valence-electron chi connectivity index (χ3n) is 5.10. The fraction of sp³-hybridized carbons (Fsp3) is 0.400. The van der Waals surface area contributed by atoms with E-state index in [2.05, 4.69) is 17.2 Å². The first-order valence-electron chi connectivity index (χ1n) is 11.4. The Kier molecular flexibility index (Phi) is 10.9. The molecule has 0 saturated carbocycles. The van der Waals surface area contributed by atoms with Gasteiger partial charge in [0.05, 0.1) is 12.3 Å². The van der Waals surface area contributed by atoms with Gasteiger partial charge in [0, 0.05) is 31.0 Å². The SMILES string of the molecule is CCCCCCCNC(=O)N(C)c1cccc(-c2ccc(/C=C(\OCC)C(=O)NO)cn2)c1. The van der Waals surface area contributed by atoms with Gasteiger partial charge in [-0.1, -0.05) is 50.8 Å². The number of amides is 3. The summed E-state index contributed by atoms with van der Waals surface area (Å²) in [5, 5.41) is 11.8. The highest BCUT2D eigenvalue weighted by molar-refractivity contribution is 5.95. The number of anilines is 1. The van der Waals surface area contributed by atoms with Gasteiger partial charge in [-0.15, -0.1) is 0 Å². The van der Waals surface area contributed by atoms with Crippen LogP contribution in [0.1, 0.15) is 51.5 Å². The van der Waals surface area contributed by atoms with Crippen molar-refractivity contribution in [2.75, 3.05) is 25.1 Å². The van der Waals surface area contributed by atoms with Crippen molar-refractivity contribution >= 4 is 23.7 Å². The first kappa shape index (κ1) is 25.9. The molecule has 3 amide bonds. The number of nitrogens with one attached hydrogen (secondary N) is 2. The molecule has 0 fully saturated rings. The first-order valence-corrected chi connectivity index (χ1v) is 11.4. The number of hydroxylamine groups is 1. The number of carbonyl (C=O) groups excluding carboxylic acids is 2. The normalized spacial score (nSPS) is 11.1. The maximum atomic E-state index is 12.5. The molecule has 0 spiro atoms. The summed E-state index contributed by atoms with van der Waals surface area (Å²) in [6.07, 6.45) is 8.86. The molecule has 0 bridgehead atoms. The number of pyridine rings is 1. The van der Waals surface area contributed by atoms with Crippen LogP contribution in [0.25, 0.3) is 17.3 Å². The number of ether oxygens (including phenoxy) is 1. The molecular weight excluding hydrogens is 420 g/mol. The van der Waals surface area contributed by atoms with Crippen molar-refractivity contribution in [2.45, 2.75) is 46.0 Å². The topological polar surface area (TPSA) is 104 Å². The number of rotatable bonds is 12. The molecule has 0 atom stereocenters. The van der Waals surface area contributed by atoms with Gasteiger partial charge in [-0.05, 0) is 43.2 Å². The highest BCUT2D eigenvalue weighted by Crippen LogP contribution is 2.23. The third-order valence-corrected chi connectivity index (χ3v) is 5.10. The summed E-state index contributed by atoms with van der Waals surface area (Å²) in [5.74, 6) is -0.731. The van der Waals surface area contributed by atoms with E-state index in [-0.39, 0.29) is 18.4 Å². The summed E-state index contributed by atoms with van der Waals surface area (Å²) in [6.45, 7) is 4.89. The minimum absolute atomic E-state index is 0.00505. The number of nitrogens with zero attached hydrogens (tertiary/aromatic N) is 2. The predicted molar refractivity (Wildman–Crippen MR) is 130 cm³/mol. The summed E-state index contributed by atoms with van der Waals surface area (Å²) in [4.78, 5) is 30.2. The van der Waals surface area contributed by atoms with Crippen LogP contribution >= 0.6 is 0 Å². The van der Waals surface area contributed by atoms with Crippen LogP contribution in [0.5, 0.6) is 0 Å². The van der Waals surface area contributed by atoms with E-state index in [1.807, 2.05) is 30.3 Å². The summed E-state index contributed by atoms with van der Waals surface area (Å²) >= 11 is 0. The Balaban J connectivity index is 2.04. The lowest BCUT2D eigenvalue weighted by atomic mass is 10.1. The van der Waals surface area contributed by atoms with Gasteiger partial charge in [0.2, 0.25) is 0 Å². The Bertz CT molecular complexity index is 928. The summed E-state index contributed by atoms with van der Waals surface area (Å²) in [7, 11) is 1.74. The van der Waals surface area contributed by atoms with Gasteiger partial charge in [-0.25, -0.2) is 10.3 Å². The molecule has 8 nitrogen and oxygen atoms in total. The second-order valence-corrected chi connectivity index (χ2v) is 7.61. The highest BCUT2D eigenvalue weighted by atomic mass is 16.5. The van der Waals surface area contributed by atoms with E-state index in [4.69, 9.17) is 9.94 Å². The van der Waals surface area contributed by atoms with Gasteiger partial charge >= 0.3 is 11.9 Å². The molecule has 2 aromatic rings. The van der Waals surface area contributed by atoms with E-state index in [9.17, 15) is 9.59 Å². The zero-order valence-electron chi connectivity index (χ0n) is 19.6. The van der Waals surface area contributed by atoms with Crippen molar-refractivity contribution in [1.82, 2.24) is 15.8 Å². The highest BCUT2D eigenvalue weighted by Gasteiger charge is 2.12. The summed E-state index contributed by atoms with van der Waals surface area (Å²) < 4.78 is 5.25. The number of carbonyl (C=O) groups is 2. The van der Waals surface area contributed by atoms with Crippen LogP contribution in [-0.2, 0) is 9.53 Å². The third kappa shape index (κ3) is 8.23. The number of hydrogen-bond donors (Lipinski definition) is 3. The van der Waals surface area contributed by atoms with Gasteiger partial charge < -0.3 is 10.1 Å². The zero-order valence-corrected chi connectivity index (χ0v) is 19.6. The Hall–Kier alpha value is -3.39. The zero-order chi connectivity index (χ0) is 24.1. The fourth-order valence-electron chi connectivity index (χ4n) is 3.23. The predicted octanol–water partition coefficient (Wildman–Crippen LogP) is 4.75. The quantitative estimate of drug-likeness (QED) is 0.141. The van der Waals surface area contributed by atoms with E-state index in [0.29, 0.717) is 12.1 Å². The molecule has 2 rings (SSSR count). The van der Waals surface area contributed by atoms with E-state index in [1.54, 1.807) is 36.6 Å². The lowest BCUT2D eigenvalue weighted by Gasteiger charge is -2.19. The van der Waals surface area contributed by atoms with Crippen molar-refractivity contribution in [1.29, 1.82) is 0 Å². The number of hydrogen-bond acceptors (Lipinski definition) is 5. The average molecular weight is 455 g/mol. The maximum Gasteiger partial charge on any atom is 0.321 e. The molecule has 178 valence electrons. The molecule has 0 saturated heterocycles. The first-order chi connectivity index (χ1) is 16.0. The molecule has 0 unspecified atom stereocenters. The van der Waals surface area contributed by atoms with Crippen LogP contribution in [-0.4, -0.2) is 42.3 Å². The van der Waals surface area contributed by atoms with Crippen LogP contribution < -0.4 is 15.7 Å². The summed E-state index contributed by atoms with van der Waals surface area (Å²) in [6, 6.07) is 11.1. The lowest BCUT2D eigenvalue weighted by Crippen LogP contribution is -2.37. The molecule has 0 aliphatic rings. The molecule has 33 heavy (non-hydrogen) atoms. The minimum Gasteiger partial charge on any atom is -0.488 e. The molecular formula is C25H34N4O4. The number of aromatic nitrogens is 1. The van der Waals surface area contributed by atoms with Crippen molar-refractivity contribution in [3.05, 3.63) is 53.9 Å². The molecule has 1 aromatic heterocycles. The van der Waals surface area contributed by atoms with Crippen LogP contribution in [0.2, 0.25) is 0 Å². The van der Waals surface area contributed by atoms with Gasteiger partial charge in [0.25, 0.3) is 0 Å². The fourth-order valence-corrected chi connectivity index (χ4v) is 3.23. The molecule has 1 heterocycles. The molecule has 0 radical (unpaired) electrons. The van der Waals surface area contributed by atoms with Crippen LogP contribution in [0, 0.1) is 0 Å². The van der Waals surface area contributed by atoms with Gasteiger partial charge in [0.1, 0.15) is 0 Å².